The van der Waals surface area contributed by atoms with Gasteiger partial charge < -0.3 is 10.6 Å². The number of nitrogens with one attached hydrogen (secondary N) is 2. The van der Waals surface area contributed by atoms with E-state index in [1.165, 1.54) is 0 Å². The van der Waals surface area contributed by atoms with Crippen molar-refractivity contribution < 1.29 is 14.4 Å². The van der Waals surface area contributed by atoms with Crippen molar-refractivity contribution in [3.63, 3.8) is 0 Å². The van der Waals surface area contributed by atoms with Crippen molar-refractivity contribution in [2.24, 2.45) is 0 Å². The molecule has 1 unspecified atom stereocenters. The van der Waals surface area contributed by atoms with Crippen LogP contribution in [0.15, 0.2) is 42.5 Å². The zero-order valence-electron chi connectivity index (χ0n) is 14.5. The second kappa shape index (κ2) is 7.98. The fourth-order valence-corrected chi connectivity index (χ4v) is 3.39. The quantitative estimate of drug-likeness (QED) is 0.746. The molecule has 0 aromatic heterocycles. The Labute approximate surface area is 166 Å². The highest BCUT2D eigenvalue weighted by Gasteiger charge is 2.28. The van der Waals surface area contributed by atoms with Crippen LogP contribution in [0, 0.1) is 0 Å². The monoisotopic (exact) mass is 405 g/mol. The molecular weight excluding hydrogens is 389 g/mol. The van der Waals surface area contributed by atoms with Gasteiger partial charge in [0.25, 0.3) is 5.91 Å². The molecule has 4 amide bonds. The van der Waals surface area contributed by atoms with E-state index in [0.29, 0.717) is 21.2 Å². The predicted octanol–water partition coefficient (Wildman–Crippen LogP) is 3.54. The molecule has 1 saturated heterocycles. The fraction of sp³-hybridized carbons (Fsp3) is 0.211. The zero-order chi connectivity index (χ0) is 19.6. The summed E-state index contributed by atoms with van der Waals surface area (Å²) in [7, 11) is 0. The van der Waals surface area contributed by atoms with Crippen molar-refractivity contribution in [1.29, 1.82) is 0 Å². The molecule has 8 heteroatoms. The lowest BCUT2D eigenvalue weighted by Crippen LogP contribution is -2.30. The Bertz CT molecular complexity index is 901. The average Bonchev–Trinajstić information content (AvgIpc) is 2.93. The van der Waals surface area contributed by atoms with Crippen LogP contribution in [-0.4, -0.2) is 29.3 Å². The number of rotatable bonds is 5. The Morgan fingerprint density at radius 3 is 2.67 bits per heavy atom. The molecule has 0 bridgehead atoms. The molecule has 1 aliphatic rings. The number of imide groups is 1. The van der Waals surface area contributed by atoms with Crippen LogP contribution >= 0.6 is 23.2 Å². The van der Waals surface area contributed by atoms with Gasteiger partial charge in [-0.25, -0.2) is 4.79 Å². The molecule has 0 saturated carbocycles. The maximum absolute atomic E-state index is 12.6. The Hall–Kier alpha value is -2.57. The minimum Gasteiger partial charge on any atom is -0.345 e. The Morgan fingerprint density at radius 2 is 2.00 bits per heavy atom. The third-order valence-electron chi connectivity index (χ3n) is 4.24. The lowest BCUT2D eigenvalue weighted by Gasteiger charge is -2.17. The molecule has 1 aliphatic heterocycles. The number of hydrogen-bond acceptors (Lipinski definition) is 3. The van der Waals surface area contributed by atoms with Gasteiger partial charge in [-0.2, -0.15) is 0 Å². The molecule has 2 aromatic rings. The molecule has 3 rings (SSSR count). The van der Waals surface area contributed by atoms with E-state index in [4.69, 9.17) is 23.2 Å². The second-order valence-electron chi connectivity index (χ2n) is 6.20. The van der Waals surface area contributed by atoms with Crippen LogP contribution in [0.25, 0.3) is 0 Å². The molecule has 2 N–H and O–H groups in total. The van der Waals surface area contributed by atoms with Crippen molar-refractivity contribution in [2.75, 3.05) is 6.54 Å². The molecular formula is C19H17Cl2N3O3. The van der Waals surface area contributed by atoms with Crippen LogP contribution in [0.5, 0.6) is 0 Å². The van der Waals surface area contributed by atoms with Crippen molar-refractivity contribution in [2.45, 2.75) is 19.5 Å². The summed E-state index contributed by atoms with van der Waals surface area (Å²) >= 11 is 12.1. The lowest BCUT2D eigenvalue weighted by atomic mass is 10.1. The summed E-state index contributed by atoms with van der Waals surface area (Å²) in [5, 5.41) is 6.35. The highest BCUT2D eigenvalue weighted by molar-refractivity contribution is 6.35. The fourth-order valence-electron chi connectivity index (χ4n) is 2.82. The molecule has 1 atom stereocenters. The van der Waals surface area contributed by atoms with Gasteiger partial charge in [-0.15, -0.1) is 0 Å². The third-order valence-corrected chi connectivity index (χ3v) is 4.81. The topological polar surface area (TPSA) is 78.5 Å². The Kier molecular flexibility index (Phi) is 5.68. The molecule has 1 fully saturated rings. The maximum atomic E-state index is 12.6. The Balaban J connectivity index is 1.71. The first kappa shape index (κ1) is 19.2. The number of nitrogens with zero attached hydrogens (tertiary/aromatic N) is 1. The molecule has 0 spiro atoms. The molecule has 0 radical (unpaired) electrons. The van der Waals surface area contributed by atoms with Crippen molar-refractivity contribution >= 4 is 41.0 Å². The first-order valence-corrected chi connectivity index (χ1v) is 9.03. The highest BCUT2D eigenvalue weighted by Crippen LogP contribution is 2.26. The molecule has 6 nitrogen and oxygen atoms in total. The first-order chi connectivity index (χ1) is 12.8. The number of halogens is 2. The Morgan fingerprint density at radius 1 is 1.22 bits per heavy atom. The van der Waals surface area contributed by atoms with Crippen LogP contribution < -0.4 is 10.6 Å². The van der Waals surface area contributed by atoms with Gasteiger partial charge in [0.05, 0.1) is 19.1 Å². The molecule has 2 aromatic carbocycles. The molecule has 0 aliphatic carbocycles. The van der Waals surface area contributed by atoms with Crippen molar-refractivity contribution in [3.8, 4) is 0 Å². The molecule has 1 heterocycles. The van der Waals surface area contributed by atoms with Crippen molar-refractivity contribution in [1.82, 2.24) is 15.5 Å². The summed E-state index contributed by atoms with van der Waals surface area (Å²) in [6.07, 6.45) is 0. The summed E-state index contributed by atoms with van der Waals surface area (Å²) in [4.78, 5) is 37.1. The summed E-state index contributed by atoms with van der Waals surface area (Å²) in [6, 6.07) is 11.1. The smallest absolute Gasteiger partial charge is 0.324 e. The van der Waals surface area contributed by atoms with Gasteiger partial charge in [0.2, 0.25) is 5.91 Å². The number of hydrogen-bond donors (Lipinski definition) is 2. The van der Waals surface area contributed by atoms with Gasteiger partial charge in [0, 0.05) is 15.6 Å². The number of amides is 4. The zero-order valence-corrected chi connectivity index (χ0v) is 16.0. The van der Waals surface area contributed by atoms with Crippen LogP contribution in [-0.2, 0) is 11.3 Å². The van der Waals surface area contributed by atoms with Gasteiger partial charge in [-0.3, -0.25) is 14.5 Å². The van der Waals surface area contributed by atoms with Gasteiger partial charge in [0.15, 0.2) is 0 Å². The lowest BCUT2D eigenvalue weighted by molar-refractivity contribution is -0.125. The number of carbonyl (C=O) groups excluding carboxylic acids is 3. The SMILES string of the molecule is CC(NC(=O)c1cccc(CN2C(=O)CNC2=O)c1)c1ccc(Cl)cc1Cl. The average molecular weight is 406 g/mol. The summed E-state index contributed by atoms with van der Waals surface area (Å²) < 4.78 is 0. The molecule has 140 valence electrons. The van der Waals surface area contributed by atoms with E-state index in [2.05, 4.69) is 10.6 Å². The van der Waals surface area contributed by atoms with Gasteiger partial charge in [-0.05, 0) is 42.3 Å². The highest BCUT2D eigenvalue weighted by atomic mass is 35.5. The first-order valence-electron chi connectivity index (χ1n) is 8.28. The minimum absolute atomic E-state index is 0.00161. The molecule has 27 heavy (non-hydrogen) atoms. The van der Waals surface area contributed by atoms with Crippen LogP contribution in [0.4, 0.5) is 4.79 Å². The number of benzene rings is 2. The normalized spacial score (nSPS) is 14.9. The van der Waals surface area contributed by atoms with Gasteiger partial charge >= 0.3 is 6.03 Å². The van der Waals surface area contributed by atoms with Gasteiger partial charge in [0.1, 0.15) is 0 Å². The van der Waals surface area contributed by atoms with E-state index in [1.807, 2.05) is 6.92 Å². The standard InChI is InChI=1S/C19H17Cl2N3O3/c1-11(15-6-5-14(20)8-16(15)21)23-18(26)13-4-2-3-12(7-13)10-24-17(25)9-22-19(24)27/h2-8,11H,9-10H2,1H3,(H,22,27)(H,23,26). The largest absolute Gasteiger partial charge is 0.345 e. The van der Waals surface area contributed by atoms with Crippen molar-refractivity contribution in [3.05, 3.63) is 69.2 Å². The summed E-state index contributed by atoms with van der Waals surface area (Å²) in [6.45, 7) is 1.94. The predicted molar refractivity (Wildman–Crippen MR) is 103 cm³/mol. The summed E-state index contributed by atoms with van der Waals surface area (Å²) in [5.74, 6) is -0.576. The maximum Gasteiger partial charge on any atom is 0.324 e. The van der Waals surface area contributed by atoms with E-state index in [-0.39, 0.29) is 30.9 Å². The summed E-state index contributed by atoms with van der Waals surface area (Å²) in [5.41, 5.74) is 1.87. The second-order valence-corrected chi connectivity index (χ2v) is 7.04. The van der Waals surface area contributed by atoms with E-state index < -0.39 is 6.03 Å². The minimum atomic E-state index is -0.430. The van der Waals surface area contributed by atoms with Crippen LogP contribution in [0.3, 0.4) is 0 Å². The number of carbonyl (C=O) groups is 3. The van der Waals surface area contributed by atoms with E-state index in [9.17, 15) is 14.4 Å². The van der Waals surface area contributed by atoms with Gasteiger partial charge in [-0.1, -0.05) is 41.4 Å². The van der Waals surface area contributed by atoms with Crippen LogP contribution in [0.2, 0.25) is 10.0 Å². The van der Waals surface area contributed by atoms with E-state index >= 15 is 0 Å². The van der Waals surface area contributed by atoms with E-state index in [1.54, 1.807) is 42.5 Å². The third kappa shape index (κ3) is 4.40. The van der Waals surface area contributed by atoms with E-state index in [0.717, 1.165) is 10.5 Å². The van der Waals surface area contributed by atoms with Crippen LogP contribution in [0.1, 0.15) is 34.5 Å². The number of urea groups is 1.